The molecule has 1 aromatic heterocycles. The number of halogens is 1. The third-order valence-corrected chi connectivity index (χ3v) is 2.48. The van der Waals surface area contributed by atoms with Gasteiger partial charge in [0, 0.05) is 0 Å². The third-order valence-electron chi connectivity index (χ3n) is 2.27. The van der Waals surface area contributed by atoms with Gasteiger partial charge in [-0.25, -0.2) is 4.98 Å². The topological polar surface area (TPSA) is 62.2 Å². The Morgan fingerprint density at radius 2 is 2.25 bits per heavy atom. The van der Waals surface area contributed by atoms with E-state index < -0.39 is 0 Å². The van der Waals surface area contributed by atoms with Crippen molar-refractivity contribution in [1.82, 2.24) is 10.3 Å². The van der Waals surface area contributed by atoms with Crippen molar-refractivity contribution < 1.29 is 9.90 Å². The van der Waals surface area contributed by atoms with Crippen LogP contribution in [0.1, 0.15) is 24.3 Å². The number of rotatable bonds is 4. The molecule has 16 heavy (non-hydrogen) atoms. The van der Waals surface area contributed by atoms with Crippen LogP contribution < -0.4 is 5.32 Å². The molecular weight excluding hydrogens is 228 g/mol. The van der Waals surface area contributed by atoms with Crippen molar-refractivity contribution in [3.8, 4) is 0 Å². The average Bonchev–Trinajstić information content (AvgIpc) is 2.25. The first-order valence-electron chi connectivity index (χ1n) is 5.09. The Kier molecular flexibility index (Phi) is 4.71. The van der Waals surface area contributed by atoms with Gasteiger partial charge in [-0.05, 0) is 18.1 Å². The third kappa shape index (κ3) is 3.47. The SMILES string of the molecule is CC(C)[C@@H](CO)NC(=O)c1cccc(Cl)n1. The van der Waals surface area contributed by atoms with Crippen LogP contribution in [0.15, 0.2) is 18.2 Å². The van der Waals surface area contributed by atoms with E-state index in [4.69, 9.17) is 16.7 Å². The summed E-state index contributed by atoms with van der Waals surface area (Å²) in [6.07, 6.45) is 0. The molecule has 0 aliphatic rings. The second-order valence-electron chi connectivity index (χ2n) is 3.85. The Hall–Kier alpha value is -1.13. The first-order valence-corrected chi connectivity index (χ1v) is 5.46. The van der Waals surface area contributed by atoms with Crippen molar-refractivity contribution in [2.75, 3.05) is 6.61 Å². The maximum atomic E-state index is 11.7. The number of hydrogen-bond donors (Lipinski definition) is 2. The van der Waals surface area contributed by atoms with Crippen molar-refractivity contribution in [3.63, 3.8) is 0 Å². The number of pyridine rings is 1. The highest BCUT2D eigenvalue weighted by molar-refractivity contribution is 6.29. The first-order chi connectivity index (χ1) is 7.54. The normalized spacial score (nSPS) is 12.6. The van der Waals surface area contributed by atoms with Gasteiger partial charge in [-0.3, -0.25) is 4.79 Å². The highest BCUT2D eigenvalue weighted by Crippen LogP contribution is 2.06. The summed E-state index contributed by atoms with van der Waals surface area (Å²) in [5.41, 5.74) is 0.256. The zero-order valence-electron chi connectivity index (χ0n) is 9.27. The summed E-state index contributed by atoms with van der Waals surface area (Å²) < 4.78 is 0. The van der Waals surface area contributed by atoms with E-state index in [1.165, 1.54) is 0 Å². The summed E-state index contributed by atoms with van der Waals surface area (Å²) in [4.78, 5) is 15.6. The van der Waals surface area contributed by atoms with Crippen molar-refractivity contribution in [3.05, 3.63) is 29.0 Å². The minimum Gasteiger partial charge on any atom is -0.394 e. The molecule has 1 heterocycles. The molecule has 1 amide bonds. The summed E-state index contributed by atoms with van der Waals surface area (Å²) in [5.74, 6) is -0.164. The van der Waals surface area contributed by atoms with E-state index in [9.17, 15) is 4.79 Å². The van der Waals surface area contributed by atoms with Gasteiger partial charge in [0.05, 0.1) is 12.6 Å². The molecule has 0 aromatic carbocycles. The maximum Gasteiger partial charge on any atom is 0.270 e. The minimum atomic E-state index is -0.324. The summed E-state index contributed by atoms with van der Waals surface area (Å²) in [7, 11) is 0. The Labute approximate surface area is 99.6 Å². The molecule has 5 heteroatoms. The standard InChI is InChI=1S/C11H15ClN2O2/c1-7(2)9(6-15)14-11(16)8-4-3-5-10(12)13-8/h3-5,7,9,15H,6H2,1-2H3,(H,14,16)/t9-/m1/s1. The fourth-order valence-corrected chi connectivity index (χ4v) is 1.36. The monoisotopic (exact) mass is 242 g/mol. The maximum absolute atomic E-state index is 11.7. The number of aromatic nitrogens is 1. The largest absolute Gasteiger partial charge is 0.394 e. The quantitative estimate of drug-likeness (QED) is 0.787. The Morgan fingerprint density at radius 1 is 1.56 bits per heavy atom. The predicted molar refractivity (Wildman–Crippen MR) is 62.4 cm³/mol. The first kappa shape index (κ1) is 12.9. The summed E-state index contributed by atoms with van der Waals surface area (Å²) in [6.45, 7) is 3.75. The van der Waals surface area contributed by atoms with E-state index in [1.807, 2.05) is 13.8 Å². The van der Waals surface area contributed by atoms with E-state index in [-0.39, 0.29) is 35.3 Å². The lowest BCUT2D eigenvalue weighted by atomic mass is 10.1. The minimum absolute atomic E-state index is 0.0933. The van der Waals surface area contributed by atoms with E-state index in [0.29, 0.717) is 0 Å². The lowest BCUT2D eigenvalue weighted by Gasteiger charge is -2.19. The van der Waals surface area contributed by atoms with Gasteiger partial charge in [0.2, 0.25) is 0 Å². The number of carbonyl (C=O) groups excluding carboxylic acids is 1. The smallest absolute Gasteiger partial charge is 0.270 e. The van der Waals surface area contributed by atoms with Gasteiger partial charge in [-0.1, -0.05) is 31.5 Å². The molecule has 0 spiro atoms. The van der Waals surface area contributed by atoms with Gasteiger partial charge in [-0.2, -0.15) is 0 Å². The van der Waals surface area contributed by atoms with Crippen LogP contribution in [-0.4, -0.2) is 28.6 Å². The fraction of sp³-hybridized carbons (Fsp3) is 0.455. The molecule has 0 aliphatic carbocycles. The molecule has 1 atom stereocenters. The zero-order valence-corrected chi connectivity index (χ0v) is 10.0. The molecule has 1 aromatic rings. The van der Waals surface area contributed by atoms with Crippen molar-refractivity contribution in [2.24, 2.45) is 5.92 Å². The Morgan fingerprint density at radius 3 is 2.75 bits per heavy atom. The zero-order chi connectivity index (χ0) is 12.1. The second-order valence-corrected chi connectivity index (χ2v) is 4.24. The van der Waals surface area contributed by atoms with Crippen LogP contribution in [0.3, 0.4) is 0 Å². The van der Waals surface area contributed by atoms with E-state index in [2.05, 4.69) is 10.3 Å². The fourth-order valence-electron chi connectivity index (χ4n) is 1.20. The molecule has 88 valence electrons. The number of carbonyl (C=O) groups is 1. The van der Waals surface area contributed by atoms with Crippen LogP contribution in [0, 0.1) is 5.92 Å². The van der Waals surface area contributed by atoms with Crippen LogP contribution in [0.4, 0.5) is 0 Å². The number of nitrogens with one attached hydrogen (secondary N) is 1. The highest BCUT2D eigenvalue weighted by Gasteiger charge is 2.16. The molecule has 0 bridgehead atoms. The molecule has 2 N–H and O–H groups in total. The van der Waals surface area contributed by atoms with E-state index >= 15 is 0 Å². The van der Waals surface area contributed by atoms with Crippen LogP contribution in [0.2, 0.25) is 5.15 Å². The van der Waals surface area contributed by atoms with Gasteiger partial charge in [0.15, 0.2) is 0 Å². The van der Waals surface area contributed by atoms with Crippen LogP contribution in [-0.2, 0) is 0 Å². The van der Waals surface area contributed by atoms with Gasteiger partial charge in [0.25, 0.3) is 5.91 Å². The predicted octanol–water partition coefficient (Wildman–Crippen LogP) is 1.48. The van der Waals surface area contributed by atoms with Crippen LogP contribution in [0.5, 0.6) is 0 Å². The van der Waals surface area contributed by atoms with Crippen molar-refractivity contribution in [1.29, 1.82) is 0 Å². The lowest BCUT2D eigenvalue weighted by molar-refractivity contribution is 0.0892. The molecule has 0 saturated carbocycles. The number of amides is 1. The van der Waals surface area contributed by atoms with E-state index in [1.54, 1.807) is 18.2 Å². The summed E-state index contributed by atoms with van der Waals surface area (Å²) in [5, 5.41) is 12.1. The average molecular weight is 243 g/mol. The molecule has 4 nitrogen and oxygen atoms in total. The van der Waals surface area contributed by atoms with Gasteiger partial charge < -0.3 is 10.4 Å². The molecule has 1 rings (SSSR count). The lowest BCUT2D eigenvalue weighted by Crippen LogP contribution is -2.41. The highest BCUT2D eigenvalue weighted by atomic mass is 35.5. The van der Waals surface area contributed by atoms with E-state index in [0.717, 1.165) is 0 Å². The summed E-state index contributed by atoms with van der Waals surface area (Å²) in [6, 6.07) is 4.57. The number of aliphatic hydroxyl groups is 1. The van der Waals surface area contributed by atoms with Gasteiger partial charge in [-0.15, -0.1) is 0 Å². The Balaban J connectivity index is 2.72. The van der Waals surface area contributed by atoms with Crippen LogP contribution >= 0.6 is 11.6 Å². The Bertz CT molecular complexity index is 369. The molecule has 0 unspecified atom stereocenters. The molecular formula is C11H15ClN2O2. The number of nitrogens with zero attached hydrogens (tertiary/aromatic N) is 1. The van der Waals surface area contributed by atoms with Crippen molar-refractivity contribution >= 4 is 17.5 Å². The van der Waals surface area contributed by atoms with Gasteiger partial charge >= 0.3 is 0 Å². The molecule has 0 saturated heterocycles. The summed E-state index contributed by atoms with van der Waals surface area (Å²) >= 11 is 5.68. The van der Waals surface area contributed by atoms with Crippen LogP contribution in [0.25, 0.3) is 0 Å². The molecule has 0 fully saturated rings. The number of hydrogen-bond acceptors (Lipinski definition) is 3. The second kappa shape index (κ2) is 5.82. The number of aliphatic hydroxyl groups excluding tert-OH is 1. The van der Waals surface area contributed by atoms with Gasteiger partial charge in [0.1, 0.15) is 10.8 Å². The van der Waals surface area contributed by atoms with Crippen molar-refractivity contribution in [2.45, 2.75) is 19.9 Å². The molecule has 0 radical (unpaired) electrons. The molecule has 0 aliphatic heterocycles.